The third-order valence-electron chi connectivity index (χ3n) is 4.00. The zero-order valence-electron chi connectivity index (χ0n) is 15.3. The van der Waals surface area contributed by atoms with Gasteiger partial charge in [0.25, 0.3) is 5.56 Å². The Morgan fingerprint density at radius 2 is 2.10 bits per heavy atom. The van der Waals surface area contributed by atoms with Gasteiger partial charge in [0.15, 0.2) is 17.5 Å². The monoisotopic (exact) mass is 440 g/mol. The van der Waals surface area contributed by atoms with Crippen LogP contribution in [0.25, 0.3) is 21.3 Å². The predicted molar refractivity (Wildman–Crippen MR) is 107 cm³/mol. The van der Waals surface area contributed by atoms with E-state index in [-0.39, 0.29) is 44.7 Å². The Balaban J connectivity index is 2.01. The number of carbonyl (C=O) groups is 1. The van der Waals surface area contributed by atoms with Gasteiger partial charge in [0.1, 0.15) is 16.3 Å². The van der Waals surface area contributed by atoms with Gasteiger partial charge >= 0.3 is 5.97 Å². The topological polar surface area (TPSA) is 81.3 Å². The Morgan fingerprint density at radius 1 is 1.34 bits per heavy atom. The molecule has 0 saturated heterocycles. The van der Waals surface area contributed by atoms with Crippen LogP contribution in [0.5, 0.6) is 0 Å². The lowest BCUT2D eigenvalue weighted by Gasteiger charge is -2.02. The van der Waals surface area contributed by atoms with Crippen molar-refractivity contribution in [2.24, 2.45) is 0 Å². The molecular formula is C19H15ClF2N2O4S. The average Bonchev–Trinajstić information content (AvgIpc) is 3.02. The molecule has 0 atom stereocenters. The van der Waals surface area contributed by atoms with Crippen LogP contribution in [-0.2, 0) is 9.47 Å². The Labute approximate surface area is 172 Å². The first kappa shape index (κ1) is 21.1. The third-order valence-corrected chi connectivity index (χ3v) is 5.45. The Bertz CT molecular complexity index is 1170. The number of methoxy groups -OCH3 is 1. The van der Waals surface area contributed by atoms with Gasteiger partial charge in [0.05, 0.1) is 17.0 Å². The minimum atomic E-state index is -1.07. The lowest BCUT2D eigenvalue weighted by molar-refractivity contribution is 0.0393. The molecule has 0 spiro atoms. The zero-order valence-corrected chi connectivity index (χ0v) is 16.9. The fraction of sp³-hybridized carbons (Fsp3) is 0.211. The van der Waals surface area contributed by atoms with Crippen LogP contribution < -0.4 is 5.56 Å². The molecule has 2 heterocycles. The molecular weight excluding hydrogens is 426 g/mol. The van der Waals surface area contributed by atoms with Gasteiger partial charge in [0.2, 0.25) is 0 Å². The third kappa shape index (κ3) is 4.36. The van der Waals surface area contributed by atoms with Crippen LogP contribution in [0.2, 0.25) is 0 Å². The number of carbonyl (C=O) groups excluding carboxylic acids is 1. The van der Waals surface area contributed by atoms with Crippen LogP contribution in [-0.4, -0.2) is 36.3 Å². The van der Waals surface area contributed by atoms with Crippen molar-refractivity contribution >= 4 is 50.2 Å². The SMILES string of the molecule is COCCOC(=O)c1sc2nc(C(Cl)=Cc3cccc(F)c3F)[nH]c(=O)c2c1C. The highest BCUT2D eigenvalue weighted by molar-refractivity contribution is 7.20. The highest BCUT2D eigenvalue weighted by Gasteiger charge is 2.21. The number of nitrogens with one attached hydrogen (secondary N) is 1. The summed E-state index contributed by atoms with van der Waals surface area (Å²) in [7, 11) is 1.48. The van der Waals surface area contributed by atoms with Crippen LogP contribution >= 0.6 is 22.9 Å². The molecule has 1 aromatic carbocycles. The normalized spacial score (nSPS) is 11.8. The highest BCUT2D eigenvalue weighted by atomic mass is 35.5. The Morgan fingerprint density at radius 3 is 2.83 bits per heavy atom. The van der Waals surface area contributed by atoms with Gasteiger partial charge in [0, 0.05) is 12.7 Å². The number of nitrogens with zero attached hydrogens (tertiary/aromatic N) is 1. The lowest BCUT2D eigenvalue weighted by atomic mass is 10.2. The number of H-pyrrole nitrogens is 1. The molecule has 0 aliphatic rings. The van der Waals surface area contributed by atoms with Crippen molar-refractivity contribution in [2.45, 2.75) is 6.92 Å². The predicted octanol–water partition coefficient (Wildman–Crippen LogP) is 4.11. The van der Waals surface area contributed by atoms with E-state index >= 15 is 0 Å². The summed E-state index contributed by atoms with van der Waals surface area (Å²) < 4.78 is 37.1. The molecule has 0 unspecified atom stereocenters. The molecule has 3 aromatic rings. The number of hydrogen-bond acceptors (Lipinski definition) is 6. The molecule has 2 aromatic heterocycles. The van der Waals surface area contributed by atoms with E-state index in [1.165, 1.54) is 19.2 Å². The molecule has 0 saturated carbocycles. The first-order chi connectivity index (χ1) is 13.8. The largest absolute Gasteiger partial charge is 0.459 e. The van der Waals surface area contributed by atoms with Crippen LogP contribution in [0.4, 0.5) is 8.78 Å². The maximum absolute atomic E-state index is 13.9. The minimum absolute atomic E-state index is 0.0339. The number of hydrogen-bond donors (Lipinski definition) is 1. The molecule has 0 aliphatic carbocycles. The fourth-order valence-electron chi connectivity index (χ4n) is 2.57. The lowest BCUT2D eigenvalue weighted by Crippen LogP contribution is -2.11. The molecule has 29 heavy (non-hydrogen) atoms. The van der Waals surface area contributed by atoms with Crippen molar-refractivity contribution in [1.82, 2.24) is 9.97 Å². The van der Waals surface area contributed by atoms with Crippen LogP contribution in [0.1, 0.15) is 26.6 Å². The number of esters is 1. The maximum atomic E-state index is 13.9. The highest BCUT2D eigenvalue weighted by Crippen LogP contribution is 2.29. The Hall–Kier alpha value is -2.62. The molecule has 0 amide bonds. The summed E-state index contributed by atoms with van der Waals surface area (Å²) in [5.74, 6) is -2.71. The first-order valence-corrected chi connectivity index (χ1v) is 9.54. The number of halogens is 3. The zero-order chi connectivity index (χ0) is 21.1. The molecule has 0 radical (unpaired) electrons. The van der Waals surface area contributed by atoms with E-state index in [2.05, 4.69) is 9.97 Å². The number of aryl methyl sites for hydroxylation is 1. The van der Waals surface area contributed by atoms with Crippen molar-refractivity contribution in [3.8, 4) is 0 Å². The van der Waals surface area contributed by atoms with E-state index in [0.717, 1.165) is 23.5 Å². The molecule has 1 N–H and O–H groups in total. The molecule has 0 fully saturated rings. The number of thiophene rings is 1. The average molecular weight is 441 g/mol. The first-order valence-electron chi connectivity index (χ1n) is 8.34. The number of aromatic nitrogens is 2. The van der Waals surface area contributed by atoms with Crippen molar-refractivity contribution in [3.63, 3.8) is 0 Å². The van der Waals surface area contributed by atoms with Gasteiger partial charge in [-0.2, -0.15) is 0 Å². The van der Waals surface area contributed by atoms with Crippen LogP contribution in [0, 0.1) is 18.6 Å². The van der Waals surface area contributed by atoms with Gasteiger partial charge in [-0.05, 0) is 24.6 Å². The summed E-state index contributed by atoms with van der Waals surface area (Å²) in [4.78, 5) is 32.0. The second-order valence-corrected chi connectivity index (χ2v) is 7.32. The van der Waals surface area contributed by atoms with Crippen molar-refractivity contribution in [1.29, 1.82) is 0 Å². The summed E-state index contributed by atoms with van der Waals surface area (Å²) >= 11 is 7.15. The standard InChI is InChI=1S/C19H15ClF2N2O4S/c1-9-13-17(25)23-16(11(20)8-10-4-3-5-12(21)14(10)22)24-18(13)29-15(9)19(26)28-7-6-27-2/h3-5,8H,6-7H2,1-2H3,(H,23,24,25). The fourth-order valence-corrected chi connectivity index (χ4v) is 3.85. The molecule has 0 bridgehead atoms. The van der Waals surface area contributed by atoms with E-state index < -0.39 is 23.2 Å². The number of fused-ring (bicyclic) bond motifs is 1. The van der Waals surface area contributed by atoms with Gasteiger partial charge < -0.3 is 14.5 Å². The Kier molecular flexibility index (Phi) is 6.41. The van der Waals surface area contributed by atoms with E-state index in [1.807, 2.05) is 0 Å². The number of benzene rings is 1. The number of ether oxygens (including phenoxy) is 2. The summed E-state index contributed by atoms with van der Waals surface area (Å²) in [5.41, 5.74) is -0.174. The van der Waals surface area contributed by atoms with Crippen molar-refractivity contribution in [3.05, 3.63) is 62.0 Å². The number of aromatic amines is 1. The quantitative estimate of drug-likeness (QED) is 0.461. The maximum Gasteiger partial charge on any atom is 0.348 e. The summed E-state index contributed by atoms with van der Waals surface area (Å²) in [6.07, 6.45) is 1.16. The second-order valence-electron chi connectivity index (χ2n) is 5.91. The number of rotatable bonds is 6. The van der Waals surface area contributed by atoms with Crippen LogP contribution in [0.15, 0.2) is 23.0 Å². The van der Waals surface area contributed by atoms with Crippen molar-refractivity contribution < 1.29 is 23.0 Å². The summed E-state index contributed by atoms with van der Waals surface area (Å²) in [5, 5.41) is 0.141. The van der Waals surface area contributed by atoms with E-state index in [4.69, 9.17) is 21.1 Å². The molecule has 152 valence electrons. The van der Waals surface area contributed by atoms with Gasteiger partial charge in [-0.1, -0.05) is 23.7 Å². The van der Waals surface area contributed by atoms with E-state index in [0.29, 0.717) is 5.56 Å². The summed E-state index contributed by atoms with van der Waals surface area (Å²) in [6, 6.07) is 3.65. The van der Waals surface area contributed by atoms with Gasteiger partial charge in [-0.25, -0.2) is 18.6 Å². The minimum Gasteiger partial charge on any atom is -0.459 e. The smallest absolute Gasteiger partial charge is 0.348 e. The van der Waals surface area contributed by atoms with Gasteiger partial charge in [-0.3, -0.25) is 4.79 Å². The van der Waals surface area contributed by atoms with Gasteiger partial charge in [-0.15, -0.1) is 11.3 Å². The van der Waals surface area contributed by atoms with E-state index in [1.54, 1.807) is 6.92 Å². The molecule has 10 heteroatoms. The summed E-state index contributed by atoms with van der Waals surface area (Å²) in [6.45, 7) is 1.93. The molecule has 0 aliphatic heterocycles. The second kappa shape index (κ2) is 8.81. The van der Waals surface area contributed by atoms with Crippen LogP contribution in [0.3, 0.4) is 0 Å². The molecule has 3 rings (SSSR count). The molecule has 6 nitrogen and oxygen atoms in total. The van der Waals surface area contributed by atoms with Crippen molar-refractivity contribution in [2.75, 3.05) is 20.3 Å². The van der Waals surface area contributed by atoms with E-state index in [9.17, 15) is 18.4 Å².